The van der Waals surface area contributed by atoms with E-state index < -0.39 is 0 Å². The van der Waals surface area contributed by atoms with Crippen LogP contribution >= 0.6 is 0 Å². The van der Waals surface area contributed by atoms with E-state index in [0.717, 1.165) is 41.9 Å². The SMILES string of the molecule is Cc1[nH]c(/C=C2\C(=O)Nc3ccc(N)cc32)c(C)c1C(=O)NCCCN1CCCC1=O. The molecule has 1 saturated heterocycles. The Hall–Kier alpha value is -3.55. The summed E-state index contributed by atoms with van der Waals surface area (Å²) in [6, 6.07) is 5.29. The number of amides is 3. The Morgan fingerprint density at radius 2 is 2.10 bits per heavy atom. The number of nitrogens with zero attached hydrogens (tertiary/aromatic N) is 1. The Balaban J connectivity index is 1.47. The van der Waals surface area contributed by atoms with Gasteiger partial charge in [-0.2, -0.15) is 0 Å². The van der Waals surface area contributed by atoms with E-state index in [-0.39, 0.29) is 17.7 Å². The quantitative estimate of drug-likeness (QED) is 0.325. The molecule has 2 aliphatic heterocycles. The highest BCUT2D eigenvalue weighted by Crippen LogP contribution is 2.35. The van der Waals surface area contributed by atoms with E-state index in [0.29, 0.717) is 42.0 Å². The summed E-state index contributed by atoms with van der Waals surface area (Å²) in [6.07, 6.45) is 4.02. The van der Waals surface area contributed by atoms with Crippen molar-refractivity contribution < 1.29 is 14.4 Å². The number of H-pyrrole nitrogens is 1. The molecular weight excluding hydrogens is 394 g/mol. The van der Waals surface area contributed by atoms with Gasteiger partial charge in [0.1, 0.15) is 0 Å². The largest absolute Gasteiger partial charge is 0.399 e. The van der Waals surface area contributed by atoms with Crippen molar-refractivity contribution in [1.82, 2.24) is 15.2 Å². The second-order valence-electron chi connectivity index (χ2n) is 8.07. The molecule has 8 heteroatoms. The molecule has 5 N–H and O–H groups in total. The van der Waals surface area contributed by atoms with Gasteiger partial charge in [0.15, 0.2) is 0 Å². The van der Waals surface area contributed by atoms with Crippen molar-refractivity contribution in [2.24, 2.45) is 0 Å². The Morgan fingerprint density at radius 3 is 2.84 bits per heavy atom. The molecule has 0 atom stereocenters. The number of aryl methyl sites for hydroxylation is 1. The zero-order valence-corrected chi connectivity index (χ0v) is 17.8. The number of nitrogens with one attached hydrogen (secondary N) is 3. The van der Waals surface area contributed by atoms with Gasteiger partial charge in [-0.15, -0.1) is 0 Å². The lowest BCUT2D eigenvalue weighted by molar-refractivity contribution is -0.127. The van der Waals surface area contributed by atoms with Gasteiger partial charge in [-0.25, -0.2) is 0 Å². The number of anilines is 2. The highest BCUT2D eigenvalue weighted by Gasteiger charge is 2.26. The maximum Gasteiger partial charge on any atom is 0.256 e. The number of aromatic amines is 1. The summed E-state index contributed by atoms with van der Waals surface area (Å²) in [5.74, 6) is -0.167. The van der Waals surface area contributed by atoms with Crippen molar-refractivity contribution in [1.29, 1.82) is 0 Å². The van der Waals surface area contributed by atoms with Gasteiger partial charge in [-0.05, 0) is 56.5 Å². The van der Waals surface area contributed by atoms with Crippen molar-refractivity contribution in [2.75, 3.05) is 30.7 Å². The number of rotatable bonds is 6. The summed E-state index contributed by atoms with van der Waals surface area (Å²) in [6.45, 7) is 5.68. The molecule has 0 bridgehead atoms. The molecule has 2 aromatic rings. The minimum absolute atomic E-state index is 0.163. The van der Waals surface area contributed by atoms with Gasteiger partial charge in [0.05, 0.1) is 11.1 Å². The van der Waals surface area contributed by atoms with E-state index in [1.165, 1.54) is 0 Å². The van der Waals surface area contributed by atoms with Crippen molar-refractivity contribution in [3.05, 3.63) is 46.3 Å². The number of likely N-dealkylation sites (tertiary alicyclic amines) is 1. The highest BCUT2D eigenvalue weighted by atomic mass is 16.2. The molecule has 0 spiro atoms. The fourth-order valence-electron chi connectivity index (χ4n) is 4.25. The normalized spacial score (nSPS) is 16.7. The minimum atomic E-state index is -0.199. The third-order valence-corrected chi connectivity index (χ3v) is 5.88. The average molecular weight is 422 g/mol. The molecule has 8 nitrogen and oxygen atoms in total. The monoisotopic (exact) mass is 421 g/mol. The van der Waals surface area contributed by atoms with Crippen LogP contribution in [0.1, 0.15) is 52.1 Å². The van der Waals surface area contributed by atoms with Crippen LogP contribution in [0.3, 0.4) is 0 Å². The number of carbonyl (C=O) groups is 3. The van der Waals surface area contributed by atoms with E-state index in [1.54, 1.807) is 24.3 Å². The van der Waals surface area contributed by atoms with Crippen molar-refractivity contribution in [3.8, 4) is 0 Å². The summed E-state index contributed by atoms with van der Waals surface area (Å²) in [7, 11) is 0. The zero-order chi connectivity index (χ0) is 22.1. The van der Waals surface area contributed by atoms with E-state index in [2.05, 4.69) is 15.6 Å². The molecule has 0 radical (unpaired) electrons. The molecular formula is C23H27N5O3. The summed E-state index contributed by atoms with van der Waals surface area (Å²) < 4.78 is 0. The molecule has 3 amide bonds. The topological polar surface area (TPSA) is 120 Å². The van der Waals surface area contributed by atoms with Crippen LogP contribution in [-0.4, -0.2) is 47.2 Å². The fourth-order valence-corrected chi connectivity index (χ4v) is 4.25. The smallest absolute Gasteiger partial charge is 0.256 e. The van der Waals surface area contributed by atoms with Crippen LogP contribution in [0.25, 0.3) is 11.6 Å². The summed E-state index contributed by atoms with van der Waals surface area (Å²) >= 11 is 0. The molecule has 162 valence electrons. The predicted molar refractivity (Wildman–Crippen MR) is 120 cm³/mol. The van der Waals surface area contributed by atoms with Crippen molar-refractivity contribution in [2.45, 2.75) is 33.1 Å². The maximum absolute atomic E-state index is 12.8. The third-order valence-electron chi connectivity index (χ3n) is 5.88. The molecule has 0 aliphatic carbocycles. The van der Waals surface area contributed by atoms with Crippen LogP contribution in [0, 0.1) is 13.8 Å². The van der Waals surface area contributed by atoms with Crippen LogP contribution < -0.4 is 16.4 Å². The number of fused-ring (bicyclic) bond motifs is 1. The third kappa shape index (κ3) is 4.05. The van der Waals surface area contributed by atoms with Crippen LogP contribution in [0.4, 0.5) is 11.4 Å². The molecule has 1 aromatic heterocycles. The van der Waals surface area contributed by atoms with Gasteiger partial charge in [0.2, 0.25) is 5.91 Å². The second-order valence-corrected chi connectivity index (χ2v) is 8.07. The van der Waals surface area contributed by atoms with Crippen LogP contribution in [0.5, 0.6) is 0 Å². The van der Waals surface area contributed by atoms with Crippen molar-refractivity contribution >= 4 is 40.7 Å². The summed E-state index contributed by atoms with van der Waals surface area (Å²) in [4.78, 5) is 42.0. The first-order valence-corrected chi connectivity index (χ1v) is 10.5. The number of hydrogen-bond donors (Lipinski definition) is 4. The van der Waals surface area contributed by atoms with Gasteiger partial charge in [0.25, 0.3) is 11.8 Å². The lowest BCUT2D eigenvalue weighted by Gasteiger charge is -2.15. The fraction of sp³-hybridized carbons (Fsp3) is 0.348. The number of nitrogen functional groups attached to an aromatic ring is 1. The average Bonchev–Trinajstić information content (AvgIpc) is 3.35. The highest BCUT2D eigenvalue weighted by molar-refractivity contribution is 6.35. The van der Waals surface area contributed by atoms with Gasteiger partial charge in [-0.3, -0.25) is 14.4 Å². The molecule has 3 heterocycles. The molecule has 1 fully saturated rings. The lowest BCUT2D eigenvalue weighted by atomic mass is 10.0. The van der Waals surface area contributed by atoms with Gasteiger partial charge in [0, 0.05) is 54.4 Å². The first-order chi connectivity index (χ1) is 14.8. The Bertz CT molecular complexity index is 1100. The van der Waals surface area contributed by atoms with E-state index in [1.807, 2.05) is 18.7 Å². The van der Waals surface area contributed by atoms with Gasteiger partial charge < -0.3 is 26.3 Å². The number of benzene rings is 1. The maximum atomic E-state index is 12.8. The van der Waals surface area contributed by atoms with Crippen LogP contribution in [0.15, 0.2) is 18.2 Å². The van der Waals surface area contributed by atoms with E-state index in [9.17, 15) is 14.4 Å². The first kappa shape index (κ1) is 20.7. The van der Waals surface area contributed by atoms with Gasteiger partial charge >= 0.3 is 0 Å². The van der Waals surface area contributed by atoms with E-state index in [4.69, 9.17) is 5.73 Å². The Morgan fingerprint density at radius 1 is 1.29 bits per heavy atom. The molecule has 0 saturated carbocycles. The van der Waals surface area contributed by atoms with Crippen LogP contribution in [0.2, 0.25) is 0 Å². The number of carbonyl (C=O) groups excluding carboxylic acids is 3. The standard InChI is InChI=1S/C23H27N5O3/c1-13-19(12-17-16-11-15(24)6-7-18(16)27-22(17)30)26-14(2)21(13)23(31)25-8-4-10-28-9-3-5-20(28)29/h6-7,11-12,26H,3-5,8-10,24H2,1-2H3,(H,25,31)(H,27,30)/b17-12-. The van der Waals surface area contributed by atoms with Crippen LogP contribution in [-0.2, 0) is 9.59 Å². The molecule has 1 aromatic carbocycles. The van der Waals surface area contributed by atoms with Crippen molar-refractivity contribution in [3.63, 3.8) is 0 Å². The zero-order valence-electron chi connectivity index (χ0n) is 17.8. The number of hydrogen-bond acceptors (Lipinski definition) is 4. The molecule has 31 heavy (non-hydrogen) atoms. The summed E-state index contributed by atoms with van der Waals surface area (Å²) in [5, 5.41) is 5.78. The van der Waals surface area contributed by atoms with E-state index >= 15 is 0 Å². The summed E-state index contributed by atoms with van der Waals surface area (Å²) in [5.41, 5.74) is 11.3. The molecule has 4 rings (SSSR count). The number of nitrogens with two attached hydrogens (primary N) is 1. The number of aromatic nitrogens is 1. The lowest BCUT2D eigenvalue weighted by Crippen LogP contribution is -2.31. The predicted octanol–water partition coefficient (Wildman–Crippen LogP) is 2.45. The molecule has 0 unspecified atom stereocenters. The first-order valence-electron chi connectivity index (χ1n) is 10.5. The Kier molecular flexibility index (Phi) is 5.54. The van der Waals surface area contributed by atoms with Gasteiger partial charge in [-0.1, -0.05) is 0 Å². The second kappa shape index (κ2) is 8.29. The minimum Gasteiger partial charge on any atom is -0.399 e. The molecule has 2 aliphatic rings. The Labute approximate surface area is 180 Å².